The van der Waals surface area contributed by atoms with E-state index >= 15 is 0 Å². The maximum Gasteiger partial charge on any atom is 0.246 e. The van der Waals surface area contributed by atoms with Crippen molar-refractivity contribution < 1.29 is 9.59 Å². The normalized spacial score (nSPS) is 17.7. The van der Waals surface area contributed by atoms with Crippen molar-refractivity contribution in [3.63, 3.8) is 0 Å². The minimum Gasteiger partial charge on any atom is -0.369 e. The minimum atomic E-state index is -0.324. The first kappa shape index (κ1) is 15.5. The Morgan fingerprint density at radius 2 is 1.96 bits per heavy atom. The van der Waals surface area contributed by atoms with Crippen molar-refractivity contribution >= 4 is 29.2 Å². The third kappa shape index (κ3) is 3.68. The fourth-order valence-corrected chi connectivity index (χ4v) is 3.57. The third-order valence-corrected chi connectivity index (χ3v) is 5.08. The number of primary amides is 1. The van der Waals surface area contributed by atoms with Crippen LogP contribution in [-0.2, 0) is 9.59 Å². The van der Waals surface area contributed by atoms with Crippen molar-refractivity contribution in [2.75, 3.05) is 13.1 Å². The molecule has 118 valence electrons. The monoisotopic (exact) mass is 326 g/mol. The summed E-state index contributed by atoms with van der Waals surface area (Å²) in [7, 11) is 0. The molecule has 0 aliphatic carbocycles. The number of rotatable bonds is 4. The van der Waals surface area contributed by atoms with E-state index in [-0.39, 0.29) is 17.7 Å². The average Bonchev–Trinajstić information content (AvgIpc) is 3.23. The number of benzene rings is 1. The van der Waals surface area contributed by atoms with Crippen LogP contribution in [0.4, 0.5) is 0 Å². The van der Waals surface area contributed by atoms with E-state index in [2.05, 4.69) is 18.2 Å². The first-order valence-corrected chi connectivity index (χ1v) is 8.36. The van der Waals surface area contributed by atoms with E-state index in [1.807, 2.05) is 30.3 Å². The smallest absolute Gasteiger partial charge is 0.246 e. The van der Waals surface area contributed by atoms with E-state index in [0.29, 0.717) is 19.5 Å². The molecule has 0 unspecified atom stereocenters. The van der Waals surface area contributed by atoms with E-state index in [0.717, 1.165) is 4.88 Å². The number of thiophene rings is 1. The number of likely N-dealkylation sites (tertiary alicyclic amines) is 1. The van der Waals surface area contributed by atoms with Gasteiger partial charge in [-0.05, 0) is 30.2 Å². The highest BCUT2D eigenvalue weighted by Crippen LogP contribution is 2.28. The lowest BCUT2D eigenvalue weighted by atomic mass is 10.1. The molecule has 1 saturated heterocycles. The zero-order chi connectivity index (χ0) is 16.2. The molecular weight excluding hydrogens is 308 g/mol. The lowest BCUT2D eigenvalue weighted by Gasteiger charge is -2.12. The topological polar surface area (TPSA) is 63.4 Å². The highest BCUT2D eigenvalue weighted by atomic mass is 32.1. The van der Waals surface area contributed by atoms with Crippen molar-refractivity contribution in [3.8, 4) is 10.4 Å². The molecule has 0 bridgehead atoms. The molecule has 2 heterocycles. The third-order valence-electron chi connectivity index (χ3n) is 3.98. The van der Waals surface area contributed by atoms with Gasteiger partial charge in [0.1, 0.15) is 0 Å². The van der Waals surface area contributed by atoms with E-state index < -0.39 is 0 Å². The summed E-state index contributed by atoms with van der Waals surface area (Å²) in [4.78, 5) is 27.2. The summed E-state index contributed by atoms with van der Waals surface area (Å²) in [5.74, 6) is -0.600. The molecule has 2 N–H and O–H groups in total. The van der Waals surface area contributed by atoms with Gasteiger partial charge >= 0.3 is 0 Å². The lowest BCUT2D eigenvalue weighted by Crippen LogP contribution is -2.30. The van der Waals surface area contributed by atoms with Gasteiger partial charge in [-0.1, -0.05) is 30.3 Å². The Kier molecular flexibility index (Phi) is 4.57. The second-order valence-corrected chi connectivity index (χ2v) is 6.69. The molecule has 1 aromatic heterocycles. The quantitative estimate of drug-likeness (QED) is 0.878. The molecule has 5 heteroatoms. The van der Waals surface area contributed by atoms with E-state index in [4.69, 9.17) is 5.73 Å². The van der Waals surface area contributed by atoms with Gasteiger partial charge in [0.05, 0.1) is 5.92 Å². The number of nitrogens with two attached hydrogens (primary N) is 1. The SMILES string of the molecule is NC(=O)[C@H]1CCN(C(=O)/C=C\c2ccc(-c3ccccc3)s2)C1. The molecule has 1 aliphatic heterocycles. The van der Waals surface area contributed by atoms with Crippen LogP contribution < -0.4 is 5.73 Å². The predicted octanol–water partition coefficient (Wildman–Crippen LogP) is 2.76. The largest absolute Gasteiger partial charge is 0.369 e. The van der Waals surface area contributed by atoms with Crippen LogP contribution in [0.15, 0.2) is 48.5 Å². The van der Waals surface area contributed by atoms with Crippen LogP contribution in [0.25, 0.3) is 16.5 Å². The van der Waals surface area contributed by atoms with Crippen molar-refractivity contribution in [3.05, 3.63) is 53.4 Å². The molecule has 0 saturated carbocycles. The Morgan fingerprint density at radius 3 is 2.65 bits per heavy atom. The summed E-state index contributed by atoms with van der Waals surface area (Å²) in [6.45, 7) is 1.02. The van der Waals surface area contributed by atoms with Crippen LogP contribution in [0.3, 0.4) is 0 Å². The second-order valence-electron chi connectivity index (χ2n) is 5.57. The van der Waals surface area contributed by atoms with Gasteiger partial charge in [-0.15, -0.1) is 11.3 Å². The molecule has 1 aromatic carbocycles. The molecule has 1 aliphatic rings. The zero-order valence-electron chi connectivity index (χ0n) is 12.6. The van der Waals surface area contributed by atoms with Crippen LogP contribution in [-0.4, -0.2) is 29.8 Å². The molecule has 2 aromatic rings. The lowest BCUT2D eigenvalue weighted by molar-refractivity contribution is -0.125. The van der Waals surface area contributed by atoms with Crippen LogP contribution in [0.2, 0.25) is 0 Å². The van der Waals surface area contributed by atoms with Gasteiger partial charge in [-0.2, -0.15) is 0 Å². The number of amides is 2. The molecule has 1 atom stereocenters. The number of hydrogen-bond donors (Lipinski definition) is 1. The first-order valence-electron chi connectivity index (χ1n) is 7.55. The van der Waals surface area contributed by atoms with Gasteiger partial charge in [-0.3, -0.25) is 9.59 Å². The van der Waals surface area contributed by atoms with Gasteiger partial charge in [0.15, 0.2) is 0 Å². The van der Waals surface area contributed by atoms with Crippen LogP contribution in [0, 0.1) is 5.92 Å². The maximum absolute atomic E-state index is 12.2. The summed E-state index contributed by atoms with van der Waals surface area (Å²) in [6.07, 6.45) is 4.06. The molecule has 2 amide bonds. The molecule has 3 rings (SSSR count). The number of nitrogens with zero attached hydrogens (tertiary/aromatic N) is 1. The van der Waals surface area contributed by atoms with Crippen molar-refractivity contribution in [2.45, 2.75) is 6.42 Å². The Morgan fingerprint density at radius 1 is 1.17 bits per heavy atom. The maximum atomic E-state index is 12.2. The second kappa shape index (κ2) is 6.79. The molecule has 1 fully saturated rings. The van der Waals surface area contributed by atoms with E-state index in [1.54, 1.807) is 22.3 Å². The fraction of sp³-hybridized carbons (Fsp3) is 0.222. The summed E-state index contributed by atoms with van der Waals surface area (Å²) in [6, 6.07) is 14.2. The zero-order valence-corrected chi connectivity index (χ0v) is 13.5. The molecule has 0 spiro atoms. The summed E-state index contributed by atoms with van der Waals surface area (Å²) in [5, 5.41) is 0. The molecule has 23 heavy (non-hydrogen) atoms. The Labute approximate surface area is 139 Å². The summed E-state index contributed by atoms with van der Waals surface area (Å²) < 4.78 is 0. The predicted molar refractivity (Wildman–Crippen MR) is 92.7 cm³/mol. The fourth-order valence-electron chi connectivity index (χ4n) is 2.65. The van der Waals surface area contributed by atoms with Crippen molar-refractivity contribution in [2.24, 2.45) is 11.7 Å². The molecule has 0 radical (unpaired) electrons. The number of carbonyl (C=O) groups is 2. The summed E-state index contributed by atoms with van der Waals surface area (Å²) >= 11 is 1.64. The Hall–Kier alpha value is -2.40. The van der Waals surface area contributed by atoms with Gasteiger partial charge in [0.2, 0.25) is 11.8 Å². The number of hydrogen-bond acceptors (Lipinski definition) is 3. The Bertz CT molecular complexity index is 736. The van der Waals surface area contributed by atoms with Gasteiger partial charge in [0, 0.05) is 28.9 Å². The van der Waals surface area contributed by atoms with Crippen LogP contribution >= 0.6 is 11.3 Å². The average molecular weight is 326 g/mol. The first-order chi connectivity index (χ1) is 11.1. The number of carbonyl (C=O) groups excluding carboxylic acids is 2. The van der Waals surface area contributed by atoms with Gasteiger partial charge in [0.25, 0.3) is 0 Å². The van der Waals surface area contributed by atoms with Crippen LogP contribution in [0.5, 0.6) is 0 Å². The van der Waals surface area contributed by atoms with Gasteiger partial charge in [-0.25, -0.2) is 0 Å². The Balaban J connectivity index is 1.63. The van der Waals surface area contributed by atoms with E-state index in [9.17, 15) is 9.59 Å². The van der Waals surface area contributed by atoms with Crippen molar-refractivity contribution in [1.29, 1.82) is 0 Å². The molecular formula is C18H18N2O2S. The van der Waals surface area contributed by atoms with Crippen LogP contribution in [0.1, 0.15) is 11.3 Å². The highest BCUT2D eigenvalue weighted by Gasteiger charge is 2.28. The molecule has 4 nitrogen and oxygen atoms in total. The summed E-state index contributed by atoms with van der Waals surface area (Å²) in [5.41, 5.74) is 6.46. The highest BCUT2D eigenvalue weighted by molar-refractivity contribution is 7.16. The van der Waals surface area contributed by atoms with E-state index in [1.165, 1.54) is 10.4 Å². The minimum absolute atomic E-state index is 0.0663. The standard InChI is InChI=1S/C18H18N2O2S/c19-18(22)14-10-11-20(12-14)17(21)9-7-15-6-8-16(23-15)13-4-2-1-3-5-13/h1-9,14H,10-12H2,(H2,19,22)/b9-7-/t14-/m0/s1. The van der Waals surface area contributed by atoms with Gasteiger partial charge < -0.3 is 10.6 Å². The van der Waals surface area contributed by atoms with Crippen molar-refractivity contribution in [1.82, 2.24) is 4.90 Å².